The Morgan fingerprint density at radius 2 is 1.95 bits per heavy atom. The van der Waals surface area contributed by atoms with Crippen molar-refractivity contribution in [3.8, 4) is 0 Å². The molecule has 0 fully saturated rings. The number of ketones is 1. The predicted molar refractivity (Wildman–Crippen MR) is 82.0 cm³/mol. The van der Waals surface area contributed by atoms with E-state index in [1.807, 2.05) is 6.20 Å². The van der Waals surface area contributed by atoms with Crippen LogP contribution in [0.25, 0.3) is 0 Å². The second-order valence-corrected chi connectivity index (χ2v) is 6.01. The predicted octanol–water partition coefficient (Wildman–Crippen LogP) is 4.40. The molecule has 0 aliphatic carbocycles. The van der Waals surface area contributed by atoms with Gasteiger partial charge < -0.3 is 4.57 Å². The fraction of sp³-hybridized carbons (Fsp3) is 0.765. The lowest BCUT2D eigenvalue weighted by Crippen LogP contribution is -2.21. The Balaban J connectivity index is 2.11. The molecule has 3 nitrogen and oxygen atoms in total. The van der Waals surface area contributed by atoms with E-state index in [1.54, 1.807) is 0 Å². The SMILES string of the molecule is CCCCC(CCCC)C(=O)c1cnc2n1CCCC2. The fourth-order valence-electron chi connectivity index (χ4n) is 3.13. The maximum absolute atomic E-state index is 12.8. The summed E-state index contributed by atoms with van der Waals surface area (Å²) >= 11 is 0. The van der Waals surface area contributed by atoms with Gasteiger partial charge in [0.1, 0.15) is 11.5 Å². The molecule has 1 aromatic heterocycles. The number of hydrogen-bond donors (Lipinski definition) is 0. The average molecular weight is 276 g/mol. The third-order valence-electron chi connectivity index (χ3n) is 4.41. The topological polar surface area (TPSA) is 34.9 Å². The highest BCUT2D eigenvalue weighted by atomic mass is 16.1. The number of fused-ring (bicyclic) bond motifs is 1. The van der Waals surface area contributed by atoms with Gasteiger partial charge in [-0.1, -0.05) is 39.5 Å². The number of nitrogens with zero attached hydrogens (tertiary/aromatic N) is 2. The number of Topliss-reactive ketones (excluding diaryl/α,β-unsaturated/α-hetero) is 1. The number of unbranched alkanes of at least 4 members (excludes halogenated alkanes) is 2. The van der Waals surface area contributed by atoms with Crippen molar-refractivity contribution in [1.82, 2.24) is 9.55 Å². The summed E-state index contributed by atoms with van der Waals surface area (Å²) < 4.78 is 2.18. The molecule has 0 aromatic carbocycles. The van der Waals surface area contributed by atoms with Gasteiger partial charge >= 0.3 is 0 Å². The summed E-state index contributed by atoms with van der Waals surface area (Å²) in [4.78, 5) is 17.3. The smallest absolute Gasteiger partial charge is 0.183 e. The molecule has 0 atom stereocenters. The van der Waals surface area contributed by atoms with Gasteiger partial charge in [0.2, 0.25) is 0 Å². The van der Waals surface area contributed by atoms with E-state index in [2.05, 4.69) is 23.4 Å². The zero-order chi connectivity index (χ0) is 14.4. The fourth-order valence-corrected chi connectivity index (χ4v) is 3.13. The molecular weight excluding hydrogens is 248 g/mol. The van der Waals surface area contributed by atoms with Gasteiger partial charge in [0.25, 0.3) is 0 Å². The van der Waals surface area contributed by atoms with Crippen LogP contribution in [-0.2, 0) is 13.0 Å². The highest BCUT2D eigenvalue weighted by Crippen LogP contribution is 2.24. The van der Waals surface area contributed by atoms with Crippen LogP contribution < -0.4 is 0 Å². The first-order chi connectivity index (χ1) is 9.77. The summed E-state index contributed by atoms with van der Waals surface area (Å²) in [6, 6.07) is 0. The molecule has 0 unspecified atom stereocenters. The second kappa shape index (κ2) is 7.61. The van der Waals surface area contributed by atoms with Crippen molar-refractivity contribution < 1.29 is 4.79 Å². The number of carbonyl (C=O) groups is 1. The highest BCUT2D eigenvalue weighted by molar-refractivity contribution is 5.96. The molecule has 20 heavy (non-hydrogen) atoms. The van der Waals surface area contributed by atoms with Gasteiger partial charge in [0.05, 0.1) is 6.20 Å². The normalized spacial score (nSPS) is 14.6. The van der Waals surface area contributed by atoms with Gasteiger partial charge in [0.15, 0.2) is 5.78 Å². The second-order valence-electron chi connectivity index (χ2n) is 6.01. The quantitative estimate of drug-likeness (QED) is 0.660. The van der Waals surface area contributed by atoms with Crippen molar-refractivity contribution in [2.75, 3.05) is 0 Å². The standard InChI is InChI=1S/C17H28N2O/c1-3-5-9-14(10-6-4-2)17(20)15-13-18-16-11-7-8-12-19(15)16/h13-14H,3-12H2,1-2H3. The van der Waals surface area contributed by atoms with Crippen molar-refractivity contribution in [2.45, 2.75) is 78.2 Å². The van der Waals surface area contributed by atoms with Crippen LogP contribution in [-0.4, -0.2) is 15.3 Å². The van der Waals surface area contributed by atoms with Crippen molar-refractivity contribution in [2.24, 2.45) is 5.92 Å². The summed E-state index contributed by atoms with van der Waals surface area (Å²) in [5.41, 5.74) is 0.872. The van der Waals surface area contributed by atoms with Gasteiger partial charge in [-0.15, -0.1) is 0 Å². The van der Waals surface area contributed by atoms with Crippen molar-refractivity contribution >= 4 is 5.78 Å². The lowest BCUT2D eigenvalue weighted by atomic mass is 9.90. The Morgan fingerprint density at radius 3 is 2.60 bits per heavy atom. The van der Waals surface area contributed by atoms with Gasteiger partial charge in [0, 0.05) is 18.9 Å². The molecular formula is C17H28N2O. The number of aromatic nitrogens is 2. The van der Waals surface area contributed by atoms with Gasteiger partial charge in [-0.25, -0.2) is 4.98 Å². The Morgan fingerprint density at radius 1 is 1.25 bits per heavy atom. The largest absolute Gasteiger partial charge is 0.326 e. The summed E-state index contributed by atoms with van der Waals surface area (Å²) in [6.45, 7) is 5.37. The summed E-state index contributed by atoms with van der Waals surface area (Å²) in [7, 11) is 0. The number of aryl methyl sites for hydroxylation is 1. The van der Waals surface area contributed by atoms with Crippen LogP contribution in [0.3, 0.4) is 0 Å². The van der Waals surface area contributed by atoms with Crippen LogP contribution in [0, 0.1) is 5.92 Å². The van der Waals surface area contributed by atoms with Gasteiger partial charge in [-0.2, -0.15) is 0 Å². The van der Waals surface area contributed by atoms with Crippen LogP contribution in [0.5, 0.6) is 0 Å². The minimum absolute atomic E-state index is 0.206. The van der Waals surface area contributed by atoms with Crippen molar-refractivity contribution in [3.63, 3.8) is 0 Å². The molecule has 0 bridgehead atoms. The molecule has 0 N–H and O–H groups in total. The molecule has 112 valence electrons. The third kappa shape index (κ3) is 3.50. The Hall–Kier alpha value is -1.12. The van der Waals surface area contributed by atoms with E-state index < -0.39 is 0 Å². The van der Waals surface area contributed by atoms with Gasteiger partial charge in [-0.05, 0) is 25.7 Å². The Bertz CT molecular complexity index is 428. The molecule has 1 aliphatic rings. The van der Waals surface area contributed by atoms with Crippen LogP contribution in [0.4, 0.5) is 0 Å². The van der Waals surface area contributed by atoms with E-state index in [9.17, 15) is 4.79 Å². The van der Waals surface area contributed by atoms with E-state index in [4.69, 9.17) is 0 Å². The monoisotopic (exact) mass is 276 g/mol. The van der Waals surface area contributed by atoms with E-state index in [1.165, 1.54) is 25.7 Å². The molecule has 1 aromatic rings. The van der Waals surface area contributed by atoms with Crippen LogP contribution in [0.1, 0.15) is 81.5 Å². The number of imidazole rings is 1. The first-order valence-corrected chi connectivity index (χ1v) is 8.36. The first-order valence-electron chi connectivity index (χ1n) is 8.36. The van der Waals surface area contributed by atoms with Crippen LogP contribution in [0.15, 0.2) is 6.20 Å². The molecule has 0 saturated carbocycles. The molecule has 0 spiro atoms. The molecule has 0 amide bonds. The lowest BCUT2D eigenvalue weighted by molar-refractivity contribution is 0.0892. The van der Waals surface area contributed by atoms with Crippen LogP contribution >= 0.6 is 0 Å². The summed E-state index contributed by atoms with van der Waals surface area (Å²) in [6.07, 6.45) is 12.0. The number of hydrogen-bond acceptors (Lipinski definition) is 2. The summed E-state index contributed by atoms with van der Waals surface area (Å²) in [5, 5.41) is 0. The zero-order valence-corrected chi connectivity index (χ0v) is 13.0. The Kier molecular flexibility index (Phi) is 5.81. The van der Waals surface area contributed by atoms with Crippen molar-refractivity contribution in [1.29, 1.82) is 0 Å². The molecule has 3 heteroatoms. The number of carbonyl (C=O) groups excluding carboxylic acids is 1. The average Bonchev–Trinajstić information content (AvgIpc) is 2.91. The van der Waals surface area contributed by atoms with Gasteiger partial charge in [-0.3, -0.25) is 4.79 Å². The first kappa shape index (κ1) is 15.3. The van der Waals surface area contributed by atoms with Crippen molar-refractivity contribution in [3.05, 3.63) is 17.7 Å². The maximum Gasteiger partial charge on any atom is 0.183 e. The minimum Gasteiger partial charge on any atom is -0.326 e. The third-order valence-corrected chi connectivity index (χ3v) is 4.41. The lowest BCUT2D eigenvalue weighted by Gasteiger charge is -2.19. The maximum atomic E-state index is 12.8. The zero-order valence-electron chi connectivity index (χ0n) is 13.0. The van der Waals surface area contributed by atoms with Crippen LogP contribution in [0.2, 0.25) is 0 Å². The molecule has 2 rings (SSSR count). The van der Waals surface area contributed by atoms with E-state index in [0.29, 0.717) is 5.78 Å². The van der Waals surface area contributed by atoms with E-state index >= 15 is 0 Å². The van der Waals surface area contributed by atoms with E-state index in [0.717, 1.165) is 50.2 Å². The molecule has 2 heterocycles. The summed E-state index contributed by atoms with van der Waals surface area (Å²) in [5.74, 6) is 1.66. The highest BCUT2D eigenvalue weighted by Gasteiger charge is 2.25. The Labute approximate surface area is 122 Å². The molecule has 0 radical (unpaired) electrons. The van der Waals surface area contributed by atoms with E-state index in [-0.39, 0.29) is 5.92 Å². The minimum atomic E-state index is 0.206. The number of rotatable bonds is 8. The molecule has 1 aliphatic heterocycles. The molecule has 0 saturated heterocycles.